The van der Waals surface area contributed by atoms with Crippen LogP contribution >= 0.6 is 0 Å². The lowest BCUT2D eigenvalue weighted by Gasteiger charge is -2.21. The van der Waals surface area contributed by atoms with Gasteiger partial charge in [0.15, 0.2) is 5.82 Å². The molecule has 0 spiro atoms. The van der Waals surface area contributed by atoms with E-state index in [0.717, 1.165) is 63.8 Å². The molecule has 0 aliphatic carbocycles. The molecular formula is C15H25N3O3. The van der Waals surface area contributed by atoms with Crippen LogP contribution in [0.2, 0.25) is 0 Å². The number of aromatic nitrogens is 2. The normalized spacial score (nSPS) is 24.3. The molecule has 2 saturated heterocycles. The van der Waals surface area contributed by atoms with Crippen LogP contribution in [0.3, 0.4) is 0 Å². The molecule has 21 heavy (non-hydrogen) atoms. The van der Waals surface area contributed by atoms with Crippen LogP contribution in [0.25, 0.3) is 0 Å². The van der Waals surface area contributed by atoms with Crippen LogP contribution < -0.4 is 5.32 Å². The zero-order valence-electron chi connectivity index (χ0n) is 12.6. The third kappa shape index (κ3) is 4.49. The van der Waals surface area contributed by atoms with Crippen molar-refractivity contribution in [2.24, 2.45) is 5.92 Å². The van der Waals surface area contributed by atoms with Crippen molar-refractivity contribution in [1.29, 1.82) is 0 Å². The number of hydrogen-bond donors (Lipinski definition) is 1. The van der Waals surface area contributed by atoms with Gasteiger partial charge < -0.3 is 19.3 Å². The number of piperidine rings is 1. The first-order valence-corrected chi connectivity index (χ1v) is 8.13. The Morgan fingerprint density at radius 3 is 2.90 bits per heavy atom. The Kier molecular flexibility index (Phi) is 5.60. The monoisotopic (exact) mass is 295 g/mol. The van der Waals surface area contributed by atoms with E-state index in [2.05, 4.69) is 15.5 Å². The summed E-state index contributed by atoms with van der Waals surface area (Å²) >= 11 is 0. The van der Waals surface area contributed by atoms with Gasteiger partial charge in [-0.25, -0.2) is 0 Å². The first kappa shape index (κ1) is 14.9. The molecule has 0 radical (unpaired) electrons. The highest BCUT2D eigenvalue weighted by atomic mass is 16.5. The molecule has 2 fully saturated rings. The number of rotatable bonds is 6. The number of ether oxygens (including phenoxy) is 2. The molecular weight excluding hydrogens is 270 g/mol. The average molecular weight is 295 g/mol. The zero-order valence-corrected chi connectivity index (χ0v) is 12.6. The molecule has 0 unspecified atom stereocenters. The van der Waals surface area contributed by atoms with Crippen molar-refractivity contribution in [3.05, 3.63) is 11.7 Å². The van der Waals surface area contributed by atoms with Crippen LogP contribution in [-0.2, 0) is 15.9 Å². The fourth-order valence-electron chi connectivity index (χ4n) is 2.90. The Morgan fingerprint density at radius 1 is 1.19 bits per heavy atom. The standard InChI is InChI=1S/C15H25N3O3/c1-2-7-16-13(3-1)15-17-14(18-21-15)6-10-20-11-12-4-8-19-9-5-12/h12-13,16H,1-11H2/t13-/m1/s1. The fourth-order valence-corrected chi connectivity index (χ4v) is 2.90. The van der Waals surface area contributed by atoms with Crippen molar-refractivity contribution in [2.75, 3.05) is 33.0 Å². The molecule has 1 aromatic heterocycles. The van der Waals surface area contributed by atoms with Gasteiger partial charge in [0.1, 0.15) is 0 Å². The minimum absolute atomic E-state index is 0.239. The van der Waals surface area contributed by atoms with E-state index in [1.54, 1.807) is 0 Å². The minimum atomic E-state index is 0.239. The Labute approximate surface area is 125 Å². The van der Waals surface area contributed by atoms with E-state index < -0.39 is 0 Å². The summed E-state index contributed by atoms with van der Waals surface area (Å²) in [6.45, 7) is 4.26. The quantitative estimate of drug-likeness (QED) is 0.808. The molecule has 0 saturated carbocycles. The number of nitrogens with one attached hydrogen (secondary N) is 1. The van der Waals surface area contributed by atoms with Gasteiger partial charge in [0.2, 0.25) is 5.89 Å². The van der Waals surface area contributed by atoms with Crippen molar-refractivity contribution in [3.8, 4) is 0 Å². The molecule has 0 amide bonds. The third-order valence-corrected chi connectivity index (χ3v) is 4.26. The number of nitrogens with zero attached hydrogens (tertiary/aromatic N) is 2. The zero-order chi connectivity index (χ0) is 14.3. The summed E-state index contributed by atoms with van der Waals surface area (Å²) in [7, 11) is 0. The Balaban J connectivity index is 1.36. The molecule has 0 aromatic carbocycles. The maximum Gasteiger partial charge on any atom is 0.243 e. The summed E-state index contributed by atoms with van der Waals surface area (Å²) in [5, 5.41) is 7.47. The lowest BCUT2D eigenvalue weighted by atomic mass is 10.0. The van der Waals surface area contributed by atoms with Gasteiger partial charge in [0, 0.05) is 26.2 Å². The first-order chi connectivity index (χ1) is 10.4. The van der Waals surface area contributed by atoms with Gasteiger partial charge in [-0.15, -0.1) is 0 Å². The summed E-state index contributed by atoms with van der Waals surface area (Å²) in [5.74, 6) is 2.13. The summed E-state index contributed by atoms with van der Waals surface area (Å²) in [6.07, 6.45) is 6.49. The molecule has 1 atom stereocenters. The molecule has 2 aliphatic rings. The van der Waals surface area contributed by atoms with Crippen molar-refractivity contribution in [2.45, 2.75) is 44.6 Å². The highest BCUT2D eigenvalue weighted by Gasteiger charge is 2.21. The largest absolute Gasteiger partial charge is 0.381 e. The number of hydrogen-bond acceptors (Lipinski definition) is 6. The lowest BCUT2D eigenvalue weighted by Crippen LogP contribution is -2.27. The minimum Gasteiger partial charge on any atom is -0.381 e. The van der Waals surface area contributed by atoms with Gasteiger partial charge in [0.05, 0.1) is 12.6 Å². The highest BCUT2D eigenvalue weighted by Crippen LogP contribution is 2.21. The summed E-state index contributed by atoms with van der Waals surface area (Å²) < 4.78 is 16.4. The fraction of sp³-hybridized carbons (Fsp3) is 0.867. The van der Waals surface area contributed by atoms with E-state index in [1.165, 1.54) is 12.8 Å². The second-order valence-corrected chi connectivity index (χ2v) is 5.93. The summed E-state index contributed by atoms with van der Waals surface area (Å²) in [4.78, 5) is 4.48. The van der Waals surface area contributed by atoms with Crippen molar-refractivity contribution in [3.63, 3.8) is 0 Å². The maximum absolute atomic E-state index is 5.74. The second-order valence-electron chi connectivity index (χ2n) is 5.93. The smallest absolute Gasteiger partial charge is 0.243 e. The molecule has 1 N–H and O–H groups in total. The van der Waals surface area contributed by atoms with Gasteiger partial charge in [-0.3, -0.25) is 0 Å². The van der Waals surface area contributed by atoms with E-state index in [-0.39, 0.29) is 6.04 Å². The van der Waals surface area contributed by atoms with E-state index in [4.69, 9.17) is 14.0 Å². The Hall–Kier alpha value is -0.980. The van der Waals surface area contributed by atoms with E-state index in [9.17, 15) is 0 Å². The van der Waals surface area contributed by atoms with Crippen LogP contribution in [-0.4, -0.2) is 43.1 Å². The first-order valence-electron chi connectivity index (χ1n) is 8.13. The van der Waals surface area contributed by atoms with Crippen LogP contribution in [0.15, 0.2) is 4.52 Å². The maximum atomic E-state index is 5.74. The second kappa shape index (κ2) is 7.87. The van der Waals surface area contributed by atoms with E-state index in [0.29, 0.717) is 12.5 Å². The van der Waals surface area contributed by atoms with E-state index in [1.807, 2.05) is 0 Å². The average Bonchev–Trinajstić information content (AvgIpc) is 3.02. The molecule has 3 heterocycles. The van der Waals surface area contributed by atoms with Gasteiger partial charge in [-0.05, 0) is 38.1 Å². The van der Waals surface area contributed by atoms with Crippen molar-refractivity contribution >= 4 is 0 Å². The molecule has 118 valence electrons. The van der Waals surface area contributed by atoms with Gasteiger partial charge in [-0.1, -0.05) is 11.6 Å². The van der Waals surface area contributed by atoms with Crippen LogP contribution in [0.5, 0.6) is 0 Å². The van der Waals surface area contributed by atoms with Gasteiger partial charge >= 0.3 is 0 Å². The molecule has 0 bridgehead atoms. The predicted molar refractivity (Wildman–Crippen MR) is 77.0 cm³/mol. The van der Waals surface area contributed by atoms with Gasteiger partial charge in [0.25, 0.3) is 0 Å². The Morgan fingerprint density at radius 2 is 2.10 bits per heavy atom. The molecule has 6 nitrogen and oxygen atoms in total. The lowest BCUT2D eigenvalue weighted by molar-refractivity contribution is 0.0211. The summed E-state index contributed by atoms with van der Waals surface area (Å²) in [6, 6.07) is 0.239. The van der Waals surface area contributed by atoms with Crippen molar-refractivity contribution < 1.29 is 14.0 Å². The third-order valence-electron chi connectivity index (χ3n) is 4.26. The van der Waals surface area contributed by atoms with Crippen LogP contribution in [0, 0.1) is 5.92 Å². The van der Waals surface area contributed by atoms with Gasteiger partial charge in [-0.2, -0.15) is 4.98 Å². The molecule has 1 aromatic rings. The SMILES string of the molecule is C1CC[C@H](c2nc(CCOCC3CCOCC3)no2)NC1. The molecule has 6 heteroatoms. The van der Waals surface area contributed by atoms with Crippen LogP contribution in [0.4, 0.5) is 0 Å². The predicted octanol–water partition coefficient (Wildman–Crippen LogP) is 1.87. The summed E-state index contributed by atoms with van der Waals surface area (Å²) in [5.41, 5.74) is 0. The van der Waals surface area contributed by atoms with E-state index >= 15 is 0 Å². The Bertz CT molecular complexity index is 412. The van der Waals surface area contributed by atoms with Crippen LogP contribution in [0.1, 0.15) is 49.9 Å². The highest BCUT2D eigenvalue weighted by molar-refractivity contribution is 4.94. The topological polar surface area (TPSA) is 69.4 Å². The van der Waals surface area contributed by atoms with Crippen molar-refractivity contribution in [1.82, 2.24) is 15.5 Å². The molecule has 2 aliphatic heterocycles. The molecule has 3 rings (SSSR count).